The van der Waals surface area contributed by atoms with Gasteiger partial charge in [-0.05, 0) is 25.3 Å². The molecule has 2 fully saturated rings. The number of thioether (sulfide) groups is 1. The van der Waals surface area contributed by atoms with Gasteiger partial charge < -0.3 is 19.1 Å². The zero-order chi connectivity index (χ0) is 19.3. The van der Waals surface area contributed by atoms with Gasteiger partial charge in [-0.3, -0.25) is 9.59 Å². The van der Waals surface area contributed by atoms with Gasteiger partial charge in [0.15, 0.2) is 0 Å². The van der Waals surface area contributed by atoms with Gasteiger partial charge in [0.25, 0.3) is 0 Å². The van der Waals surface area contributed by atoms with Crippen LogP contribution in [0.25, 0.3) is 10.9 Å². The Morgan fingerprint density at radius 2 is 1.64 bits per heavy atom. The van der Waals surface area contributed by atoms with Crippen molar-refractivity contribution in [1.82, 2.24) is 14.4 Å². The number of rotatable bonds is 5. The number of likely N-dealkylation sites (tertiary alicyclic amines) is 1. The van der Waals surface area contributed by atoms with Crippen LogP contribution in [0, 0.1) is 0 Å². The third-order valence-electron chi connectivity index (χ3n) is 5.48. The number of amides is 2. The summed E-state index contributed by atoms with van der Waals surface area (Å²) in [6.07, 6.45) is 5.47. The second-order valence-corrected chi connectivity index (χ2v) is 8.38. The molecular formula is C21H27N3O3S. The first-order chi connectivity index (χ1) is 13.7. The number of aromatic nitrogens is 1. The van der Waals surface area contributed by atoms with Crippen molar-refractivity contribution in [3.63, 3.8) is 0 Å². The molecule has 0 aliphatic carbocycles. The maximum atomic E-state index is 12.7. The van der Waals surface area contributed by atoms with Gasteiger partial charge in [0.05, 0.1) is 19.0 Å². The summed E-state index contributed by atoms with van der Waals surface area (Å²) in [6, 6.07) is 8.11. The molecule has 0 spiro atoms. The summed E-state index contributed by atoms with van der Waals surface area (Å²) in [7, 11) is 0. The number of ether oxygens (including phenoxy) is 1. The number of carbonyl (C=O) groups excluding carboxylic acids is 2. The van der Waals surface area contributed by atoms with Gasteiger partial charge in [0.1, 0.15) is 6.54 Å². The average Bonchev–Trinajstić information content (AvgIpc) is 3.11. The number of nitrogens with zero attached hydrogens (tertiary/aromatic N) is 3. The van der Waals surface area contributed by atoms with E-state index in [4.69, 9.17) is 4.74 Å². The fourth-order valence-electron chi connectivity index (χ4n) is 3.89. The van der Waals surface area contributed by atoms with Crippen molar-refractivity contribution in [3.8, 4) is 0 Å². The van der Waals surface area contributed by atoms with E-state index in [2.05, 4.69) is 6.07 Å². The van der Waals surface area contributed by atoms with E-state index in [0.717, 1.165) is 41.7 Å². The number of para-hydroxylation sites is 1. The lowest BCUT2D eigenvalue weighted by Crippen LogP contribution is -2.42. The third kappa shape index (κ3) is 4.36. The van der Waals surface area contributed by atoms with E-state index in [9.17, 15) is 9.59 Å². The van der Waals surface area contributed by atoms with E-state index < -0.39 is 0 Å². The van der Waals surface area contributed by atoms with E-state index in [1.807, 2.05) is 38.8 Å². The normalized spacial score (nSPS) is 17.9. The number of piperidine rings is 1. The van der Waals surface area contributed by atoms with Crippen LogP contribution in [0.3, 0.4) is 0 Å². The molecule has 1 aromatic carbocycles. The van der Waals surface area contributed by atoms with Crippen LogP contribution >= 0.6 is 11.8 Å². The van der Waals surface area contributed by atoms with Gasteiger partial charge in [-0.25, -0.2) is 0 Å². The SMILES string of the molecule is O=C(CSc1cn(CC(=O)N2CCOCC2)c2ccccc12)N1CCCCC1. The second kappa shape index (κ2) is 9.01. The molecular weight excluding hydrogens is 374 g/mol. The number of morpholine rings is 1. The third-order valence-corrected chi connectivity index (χ3v) is 6.51. The van der Waals surface area contributed by atoms with E-state index in [1.54, 1.807) is 11.8 Å². The minimum atomic E-state index is 0.116. The maximum absolute atomic E-state index is 12.7. The van der Waals surface area contributed by atoms with Crippen molar-refractivity contribution in [2.45, 2.75) is 30.7 Å². The summed E-state index contributed by atoms with van der Waals surface area (Å²) in [5.41, 5.74) is 1.04. The highest BCUT2D eigenvalue weighted by Crippen LogP contribution is 2.30. The van der Waals surface area contributed by atoms with Gasteiger partial charge in [0.2, 0.25) is 11.8 Å². The van der Waals surface area contributed by atoms with Gasteiger partial charge in [-0.2, -0.15) is 0 Å². The predicted molar refractivity (Wildman–Crippen MR) is 110 cm³/mol. The lowest BCUT2D eigenvalue weighted by Gasteiger charge is -2.27. The number of fused-ring (bicyclic) bond motifs is 1. The molecule has 6 nitrogen and oxygen atoms in total. The molecule has 3 heterocycles. The number of hydrogen-bond acceptors (Lipinski definition) is 4. The predicted octanol–water partition coefficient (Wildman–Crippen LogP) is 2.60. The first kappa shape index (κ1) is 19.3. The zero-order valence-corrected chi connectivity index (χ0v) is 17.0. The molecule has 2 aliphatic rings. The monoisotopic (exact) mass is 401 g/mol. The molecule has 0 saturated carbocycles. The fourth-order valence-corrected chi connectivity index (χ4v) is 4.88. The number of benzene rings is 1. The Kier molecular flexibility index (Phi) is 6.22. The molecule has 2 aromatic rings. The van der Waals surface area contributed by atoms with Crippen LogP contribution in [-0.4, -0.2) is 71.3 Å². The Bertz CT molecular complexity index is 839. The van der Waals surface area contributed by atoms with Crippen molar-refractivity contribution in [2.24, 2.45) is 0 Å². The van der Waals surface area contributed by atoms with Crippen molar-refractivity contribution in [2.75, 3.05) is 45.1 Å². The highest BCUT2D eigenvalue weighted by Gasteiger charge is 2.20. The van der Waals surface area contributed by atoms with Gasteiger partial charge in [-0.15, -0.1) is 11.8 Å². The highest BCUT2D eigenvalue weighted by atomic mass is 32.2. The van der Waals surface area contributed by atoms with Crippen LogP contribution in [-0.2, 0) is 20.9 Å². The summed E-state index contributed by atoms with van der Waals surface area (Å²) in [5, 5.41) is 1.11. The maximum Gasteiger partial charge on any atom is 0.242 e. The lowest BCUT2D eigenvalue weighted by atomic mass is 10.1. The number of hydrogen-bond donors (Lipinski definition) is 0. The van der Waals surface area contributed by atoms with Crippen LogP contribution < -0.4 is 0 Å². The Morgan fingerprint density at radius 1 is 0.929 bits per heavy atom. The van der Waals surface area contributed by atoms with Crippen LogP contribution in [0.15, 0.2) is 35.4 Å². The molecule has 1 aromatic heterocycles. The smallest absolute Gasteiger partial charge is 0.242 e. The minimum absolute atomic E-state index is 0.116. The summed E-state index contributed by atoms with van der Waals surface area (Å²) in [5.74, 6) is 0.779. The Morgan fingerprint density at radius 3 is 2.43 bits per heavy atom. The van der Waals surface area contributed by atoms with Crippen molar-refractivity contribution in [1.29, 1.82) is 0 Å². The quantitative estimate of drug-likeness (QED) is 0.723. The van der Waals surface area contributed by atoms with Crippen molar-refractivity contribution in [3.05, 3.63) is 30.5 Å². The van der Waals surface area contributed by atoms with E-state index >= 15 is 0 Å². The average molecular weight is 402 g/mol. The Balaban J connectivity index is 1.46. The Hall–Kier alpha value is -1.99. The molecule has 7 heteroatoms. The molecule has 0 radical (unpaired) electrons. The molecule has 0 bridgehead atoms. The van der Waals surface area contributed by atoms with Crippen molar-refractivity contribution < 1.29 is 14.3 Å². The molecule has 2 amide bonds. The van der Waals surface area contributed by atoms with Crippen LogP contribution in [0.4, 0.5) is 0 Å². The van der Waals surface area contributed by atoms with Gasteiger partial charge >= 0.3 is 0 Å². The second-order valence-electron chi connectivity index (χ2n) is 7.36. The van der Waals surface area contributed by atoms with Crippen LogP contribution in [0.1, 0.15) is 19.3 Å². The zero-order valence-electron chi connectivity index (χ0n) is 16.1. The number of carbonyl (C=O) groups is 2. The van der Waals surface area contributed by atoms with E-state index in [-0.39, 0.29) is 11.8 Å². The summed E-state index contributed by atoms with van der Waals surface area (Å²) in [6.45, 7) is 4.62. The highest BCUT2D eigenvalue weighted by molar-refractivity contribution is 8.00. The van der Waals surface area contributed by atoms with Crippen LogP contribution in [0.5, 0.6) is 0 Å². The summed E-state index contributed by atoms with van der Waals surface area (Å²) < 4.78 is 7.35. The Labute approximate surface area is 169 Å². The largest absolute Gasteiger partial charge is 0.378 e. The van der Waals surface area contributed by atoms with E-state index in [0.29, 0.717) is 38.6 Å². The van der Waals surface area contributed by atoms with Gasteiger partial charge in [-0.1, -0.05) is 18.2 Å². The van der Waals surface area contributed by atoms with Crippen LogP contribution in [0.2, 0.25) is 0 Å². The molecule has 0 N–H and O–H groups in total. The first-order valence-corrected chi connectivity index (χ1v) is 11.0. The fraction of sp³-hybridized carbons (Fsp3) is 0.524. The van der Waals surface area contributed by atoms with E-state index in [1.165, 1.54) is 6.42 Å². The van der Waals surface area contributed by atoms with Gasteiger partial charge in [0, 0.05) is 48.2 Å². The molecule has 2 aliphatic heterocycles. The lowest BCUT2D eigenvalue weighted by molar-refractivity contribution is -0.135. The van der Waals surface area contributed by atoms with Crippen molar-refractivity contribution >= 4 is 34.5 Å². The molecule has 2 saturated heterocycles. The summed E-state index contributed by atoms with van der Waals surface area (Å²) in [4.78, 5) is 30.1. The molecule has 28 heavy (non-hydrogen) atoms. The first-order valence-electron chi connectivity index (χ1n) is 10.1. The topological polar surface area (TPSA) is 54.8 Å². The molecule has 150 valence electrons. The molecule has 0 unspecified atom stereocenters. The standard InChI is InChI=1S/C21H27N3O3S/c25-20(23-10-12-27-13-11-23)15-24-14-19(17-6-2-3-7-18(17)24)28-16-21(26)22-8-4-1-5-9-22/h2-3,6-7,14H,1,4-5,8-13,15-16H2. The molecule has 0 atom stereocenters. The minimum Gasteiger partial charge on any atom is -0.378 e. The molecule has 4 rings (SSSR count). The summed E-state index contributed by atoms with van der Waals surface area (Å²) >= 11 is 1.58.